The van der Waals surface area contributed by atoms with E-state index < -0.39 is 5.60 Å². The van der Waals surface area contributed by atoms with Gasteiger partial charge in [-0.1, -0.05) is 0 Å². The van der Waals surface area contributed by atoms with Gasteiger partial charge in [0.15, 0.2) is 0 Å². The van der Waals surface area contributed by atoms with Crippen LogP contribution in [0.25, 0.3) is 0 Å². The Morgan fingerprint density at radius 2 is 1.91 bits per heavy atom. The van der Waals surface area contributed by atoms with Crippen LogP contribution in [0, 0.1) is 0 Å². The lowest BCUT2D eigenvalue weighted by Crippen LogP contribution is -2.53. The summed E-state index contributed by atoms with van der Waals surface area (Å²) in [5.74, 6) is 0. The molecule has 0 aromatic heterocycles. The van der Waals surface area contributed by atoms with Gasteiger partial charge in [-0.2, -0.15) is 0 Å². The van der Waals surface area contributed by atoms with E-state index >= 15 is 0 Å². The van der Waals surface area contributed by atoms with Crippen molar-refractivity contribution in [3.63, 3.8) is 0 Å². The van der Waals surface area contributed by atoms with Crippen molar-refractivity contribution in [2.75, 3.05) is 39.4 Å². The molecule has 0 aromatic carbocycles. The lowest BCUT2D eigenvalue weighted by atomic mass is 9.89. The summed E-state index contributed by atoms with van der Waals surface area (Å²) < 4.78 is 17.8. The summed E-state index contributed by atoms with van der Waals surface area (Å²) in [5.41, 5.74) is -0.453. The molecule has 5 nitrogen and oxygen atoms in total. The second-order valence-electron chi connectivity index (χ2n) is 7.73. The second-order valence-corrected chi connectivity index (χ2v) is 7.73. The van der Waals surface area contributed by atoms with E-state index in [9.17, 15) is 9.18 Å². The number of carbonyl (C=O) groups is 1. The van der Waals surface area contributed by atoms with Crippen LogP contribution in [0.2, 0.25) is 0 Å². The van der Waals surface area contributed by atoms with Gasteiger partial charge in [0.2, 0.25) is 0 Å². The van der Waals surface area contributed by atoms with E-state index in [1.165, 1.54) is 6.42 Å². The number of hydrogen-bond donors (Lipinski definition) is 1. The highest BCUT2D eigenvalue weighted by atomic mass is 19.1. The number of nitrogens with one attached hydrogen (secondary N) is 1. The molecule has 1 N–H and O–H groups in total. The molecule has 1 heterocycles. The van der Waals surface area contributed by atoms with Crippen LogP contribution in [0.15, 0.2) is 0 Å². The molecule has 2 fully saturated rings. The van der Waals surface area contributed by atoms with Crippen LogP contribution in [0.4, 0.5) is 9.18 Å². The average Bonchev–Trinajstić information content (AvgIpc) is 2.46. The number of amides is 1. The Hall–Kier alpha value is -0.880. The maximum Gasteiger partial charge on any atom is 0.407 e. The van der Waals surface area contributed by atoms with E-state index in [2.05, 4.69) is 15.1 Å². The Labute approximate surface area is 139 Å². The van der Waals surface area contributed by atoms with Gasteiger partial charge in [0, 0.05) is 44.8 Å². The fourth-order valence-electron chi connectivity index (χ4n) is 3.57. The third-order valence-electron chi connectivity index (χ3n) is 4.69. The van der Waals surface area contributed by atoms with Crippen LogP contribution in [0.1, 0.15) is 46.5 Å². The first-order valence-electron chi connectivity index (χ1n) is 8.89. The van der Waals surface area contributed by atoms with Gasteiger partial charge in [-0.05, 0) is 46.5 Å². The Balaban J connectivity index is 1.76. The molecule has 0 spiro atoms. The van der Waals surface area contributed by atoms with Gasteiger partial charge in [-0.15, -0.1) is 0 Å². The molecule has 1 saturated heterocycles. The Morgan fingerprint density at radius 3 is 2.52 bits per heavy atom. The van der Waals surface area contributed by atoms with Gasteiger partial charge >= 0.3 is 6.09 Å². The molecule has 0 bridgehead atoms. The van der Waals surface area contributed by atoms with Crippen molar-refractivity contribution < 1.29 is 13.9 Å². The third-order valence-corrected chi connectivity index (χ3v) is 4.69. The topological polar surface area (TPSA) is 44.8 Å². The number of alkyl carbamates (subject to hydrolysis) is 1. The molecule has 1 saturated carbocycles. The summed E-state index contributed by atoms with van der Waals surface area (Å²) in [5, 5.41) is 3.03. The fraction of sp³-hybridized carbons (Fsp3) is 0.941. The SMILES string of the molecule is CC(C)(C)OC(=O)N[C@H]1CCC[C@@H](N2CCN(CCF)CC2)C1. The van der Waals surface area contributed by atoms with Crippen LogP contribution >= 0.6 is 0 Å². The largest absolute Gasteiger partial charge is 0.444 e. The smallest absolute Gasteiger partial charge is 0.407 e. The highest BCUT2D eigenvalue weighted by Gasteiger charge is 2.30. The first kappa shape index (κ1) is 18.5. The number of piperazine rings is 1. The molecule has 1 aliphatic heterocycles. The predicted octanol–water partition coefficient (Wildman–Crippen LogP) is 2.41. The van der Waals surface area contributed by atoms with E-state index in [0.717, 1.165) is 45.4 Å². The minimum atomic E-state index is -0.453. The summed E-state index contributed by atoms with van der Waals surface area (Å²) in [4.78, 5) is 16.6. The molecule has 134 valence electrons. The first-order valence-corrected chi connectivity index (χ1v) is 8.89. The van der Waals surface area contributed by atoms with E-state index in [-0.39, 0.29) is 18.8 Å². The number of carbonyl (C=O) groups excluding carboxylic acids is 1. The quantitative estimate of drug-likeness (QED) is 0.860. The van der Waals surface area contributed by atoms with Crippen LogP contribution in [0.3, 0.4) is 0 Å². The number of rotatable bonds is 4. The first-order chi connectivity index (χ1) is 10.9. The highest BCUT2D eigenvalue weighted by Crippen LogP contribution is 2.24. The molecule has 0 radical (unpaired) electrons. The van der Waals surface area contributed by atoms with Crippen molar-refractivity contribution in [3.8, 4) is 0 Å². The van der Waals surface area contributed by atoms with Gasteiger partial charge in [-0.25, -0.2) is 9.18 Å². The van der Waals surface area contributed by atoms with Crippen molar-refractivity contribution in [1.29, 1.82) is 0 Å². The minimum absolute atomic E-state index is 0.201. The van der Waals surface area contributed by atoms with Crippen molar-refractivity contribution in [1.82, 2.24) is 15.1 Å². The highest BCUT2D eigenvalue weighted by molar-refractivity contribution is 5.68. The van der Waals surface area contributed by atoms with Gasteiger partial charge in [0.1, 0.15) is 12.3 Å². The summed E-state index contributed by atoms with van der Waals surface area (Å²) in [6.07, 6.45) is 4.03. The summed E-state index contributed by atoms with van der Waals surface area (Å²) in [6.45, 7) is 9.85. The fourth-order valence-corrected chi connectivity index (χ4v) is 3.57. The summed E-state index contributed by atoms with van der Waals surface area (Å²) in [6, 6.07) is 0.726. The molecule has 0 unspecified atom stereocenters. The maximum atomic E-state index is 12.4. The average molecular weight is 329 g/mol. The Kier molecular flexibility index (Phi) is 6.65. The zero-order chi connectivity index (χ0) is 16.9. The van der Waals surface area contributed by atoms with Crippen molar-refractivity contribution in [3.05, 3.63) is 0 Å². The van der Waals surface area contributed by atoms with E-state index in [1.54, 1.807) is 0 Å². The number of hydrogen-bond acceptors (Lipinski definition) is 4. The third kappa shape index (κ3) is 6.26. The summed E-state index contributed by atoms with van der Waals surface area (Å²) >= 11 is 0. The van der Waals surface area contributed by atoms with Gasteiger partial charge in [0.25, 0.3) is 0 Å². The standard InChI is InChI=1S/C17H32FN3O2/c1-17(2,3)23-16(22)19-14-5-4-6-15(13-14)21-11-9-20(8-7-18)10-12-21/h14-15H,4-13H2,1-3H3,(H,19,22)/t14-,15+/m0/s1. The second kappa shape index (κ2) is 8.29. The van der Waals surface area contributed by atoms with Gasteiger partial charge in [0.05, 0.1) is 0 Å². The molecular weight excluding hydrogens is 297 g/mol. The zero-order valence-corrected chi connectivity index (χ0v) is 14.8. The molecule has 6 heteroatoms. The normalized spacial score (nSPS) is 27.7. The Bertz CT molecular complexity index is 379. The number of nitrogens with zero attached hydrogens (tertiary/aromatic N) is 2. The Morgan fingerprint density at radius 1 is 1.22 bits per heavy atom. The zero-order valence-electron chi connectivity index (χ0n) is 14.8. The summed E-state index contributed by atoms with van der Waals surface area (Å²) in [7, 11) is 0. The van der Waals surface area contributed by atoms with E-state index in [1.807, 2.05) is 20.8 Å². The molecular formula is C17H32FN3O2. The lowest BCUT2D eigenvalue weighted by Gasteiger charge is -2.42. The number of ether oxygens (including phenoxy) is 1. The van der Waals surface area contributed by atoms with Crippen molar-refractivity contribution in [2.45, 2.75) is 64.1 Å². The van der Waals surface area contributed by atoms with Crippen LogP contribution in [-0.2, 0) is 4.74 Å². The van der Waals surface area contributed by atoms with Crippen LogP contribution in [0.5, 0.6) is 0 Å². The lowest BCUT2D eigenvalue weighted by molar-refractivity contribution is 0.0430. The molecule has 1 amide bonds. The number of alkyl halides is 1. The molecule has 2 atom stereocenters. The van der Waals surface area contributed by atoms with E-state index in [4.69, 9.17) is 4.74 Å². The van der Waals surface area contributed by atoms with E-state index in [0.29, 0.717) is 12.6 Å². The molecule has 0 aromatic rings. The minimum Gasteiger partial charge on any atom is -0.444 e. The molecule has 2 aliphatic rings. The maximum absolute atomic E-state index is 12.4. The van der Waals surface area contributed by atoms with Crippen molar-refractivity contribution >= 4 is 6.09 Å². The van der Waals surface area contributed by atoms with Crippen LogP contribution < -0.4 is 5.32 Å². The molecule has 23 heavy (non-hydrogen) atoms. The van der Waals surface area contributed by atoms with Gasteiger partial charge < -0.3 is 10.1 Å². The van der Waals surface area contributed by atoms with Crippen molar-refractivity contribution in [2.24, 2.45) is 0 Å². The number of halogens is 1. The monoisotopic (exact) mass is 329 g/mol. The molecule has 1 aliphatic carbocycles. The predicted molar refractivity (Wildman–Crippen MR) is 89.4 cm³/mol. The molecule has 2 rings (SSSR count). The van der Waals surface area contributed by atoms with Crippen LogP contribution in [-0.4, -0.2) is 73.0 Å². The van der Waals surface area contributed by atoms with Gasteiger partial charge in [-0.3, -0.25) is 9.80 Å².